The summed E-state index contributed by atoms with van der Waals surface area (Å²) in [5, 5.41) is 4.22. The van der Waals surface area contributed by atoms with Gasteiger partial charge >= 0.3 is 0 Å². The van der Waals surface area contributed by atoms with Gasteiger partial charge < -0.3 is 10.5 Å². The van der Waals surface area contributed by atoms with Gasteiger partial charge in [-0.3, -0.25) is 0 Å². The van der Waals surface area contributed by atoms with Crippen molar-refractivity contribution in [2.24, 2.45) is 12.8 Å². The standard InChI is InChI=1S/C13H17N3O/c1-9-8-13(16(3)15-9)17-12-6-4-11(5-7-12)10(2)14/h4-8,10H,14H2,1-3H3. The first kappa shape index (κ1) is 11.7. The van der Waals surface area contributed by atoms with Crippen LogP contribution >= 0.6 is 0 Å². The average Bonchev–Trinajstić information content (AvgIpc) is 2.58. The van der Waals surface area contributed by atoms with E-state index in [2.05, 4.69) is 5.10 Å². The molecule has 2 rings (SSSR count). The number of nitrogens with zero attached hydrogens (tertiary/aromatic N) is 2. The maximum atomic E-state index is 5.79. The molecule has 1 atom stereocenters. The molecule has 4 nitrogen and oxygen atoms in total. The third kappa shape index (κ3) is 2.65. The number of aromatic nitrogens is 2. The first-order valence-electron chi connectivity index (χ1n) is 5.60. The van der Waals surface area contributed by atoms with Crippen molar-refractivity contribution in [3.8, 4) is 11.6 Å². The highest BCUT2D eigenvalue weighted by atomic mass is 16.5. The largest absolute Gasteiger partial charge is 0.439 e. The molecule has 1 heterocycles. The zero-order chi connectivity index (χ0) is 12.4. The lowest BCUT2D eigenvalue weighted by Crippen LogP contribution is -2.04. The summed E-state index contributed by atoms with van der Waals surface area (Å²) in [6, 6.07) is 9.73. The molecule has 1 unspecified atom stereocenters. The van der Waals surface area contributed by atoms with Crippen molar-refractivity contribution in [1.29, 1.82) is 0 Å². The molecule has 0 aliphatic rings. The van der Waals surface area contributed by atoms with E-state index < -0.39 is 0 Å². The van der Waals surface area contributed by atoms with Crippen LogP contribution < -0.4 is 10.5 Å². The Balaban J connectivity index is 2.16. The second-order valence-electron chi connectivity index (χ2n) is 4.21. The lowest BCUT2D eigenvalue weighted by Gasteiger charge is -2.08. The molecule has 0 bridgehead atoms. The number of hydrogen-bond donors (Lipinski definition) is 1. The van der Waals surface area contributed by atoms with Crippen LogP contribution in [0.1, 0.15) is 24.2 Å². The molecule has 90 valence electrons. The predicted molar refractivity (Wildman–Crippen MR) is 67.1 cm³/mol. The van der Waals surface area contributed by atoms with Crippen LogP contribution in [-0.2, 0) is 7.05 Å². The Morgan fingerprint density at radius 3 is 2.41 bits per heavy atom. The fraction of sp³-hybridized carbons (Fsp3) is 0.308. The van der Waals surface area contributed by atoms with Gasteiger partial charge in [0.15, 0.2) is 0 Å². The minimum atomic E-state index is 0.0444. The Morgan fingerprint density at radius 2 is 1.94 bits per heavy atom. The van der Waals surface area contributed by atoms with Crippen molar-refractivity contribution in [1.82, 2.24) is 9.78 Å². The molecule has 0 saturated heterocycles. The monoisotopic (exact) mass is 231 g/mol. The van der Waals surface area contributed by atoms with Gasteiger partial charge in [-0.05, 0) is 31.5 Å². The molecule has 1 aromatic carbocycles. The SMILES string of the molecule is Cc1cc(Oc2ccc(C(C)N)cc2)n(C)n1. The number of ether oxygens (including phenoxy) is 1. The summed E-state index contributed by atoms with van der Waals surface area (Å²) in [4.78, 5) is 0. The normalized spacial score (nSPS) is 12.5. The highest BCUT2D eigenvalue weighted by Gasteiger charge is 2.05. The number of hydrogen-bond acceptors (Lipinski definition) is 3. The minimum absolute atomic E-state index is 0.0444. The zero-order valence-electron chi connectivity index (χ0n) is 10.3. The third-order valence-corrected chi connectivity index (χ3v) is 2.59. The van der Waals surface area contributed by atoms with Crippen molar-refractivity contribution in [3.05, 3.63) is 41.6 Å². The predicted octanol–water partition coefficient (Wildman–Crippen LogP) is 2.54. The summed E-state index contributed by atoms with van der Waals surface area (Å²) in [6.45, 7) is 3.90. The second kappa shape index (κ2) is 4.59. The fourth-order valence-corrected chi connectivity index (χ4v) is 1.64. The Labute approximate surface area is 101 Å². The van der Waals surface area contributed by atoms with Gasteiger partial charge in [0.05, 0.1) is 5.69 Å². The topological polar surface area (TPSA) is 53.1 Å². The lowest BCUT2D eigenvalue weighted by molar-refractivity contribution is 0.430. The van der Waals surface area contributed by atoms with Gasteiger partial charge in [0.1, 0.15) is 5.75 Å². The van der Waals surface area contributed by atoms with Crippen LogP contribution in [0, 0.1) is 6.92 Å². The number of aryl methyl sites for hydroxylation is 2. The van der Waals surface area contributed by atoms with E-state index in [-0.39, 0.29) is 6.04 Å². The van der Waals surface area contributed by atoms with Crippen LogP contribution in [0.15, 0.2) is 30.3 Å². The van der Waals surface area contributed by atoms with Crippen LogP contribution in [-0.4, -0.2) is 9.78 Å². The highest BCUT2D eigenvalue weighted by molar-refractivity contribution is 5.32. The zero-order valence-corrected chi connectivity index (χ0v) is 10.3. The molecule has 0 saturated carbocycles. The molecular weight excluding hydrogens is 214 g/mol. The highest BCUT2D eigenvalue weighted by Crippen LogP contribution is 2.23. The van der Waals surface area contributed by atoms with E-state index in [1.54, 1.807) is 4.68 Å². The molecule has 0 radical (unpaired) electrons. The molecule has 2 N–H and O–H groups in total. The lowest BCUT2D eigenvalue weighted by atomic mass is 10.1. The van der Waals surface area contributed by atoms with Crippen molar-refractivity contribution in [2.45, 2.75) is 19.9 Å². The molecule has 2 aromatic rings. The summed E-state index contributed by atoms with van der Waals surface area (Å²) in [5.41, 5.74) is 7.82. The second-order valence-corrected chi connectivity index (χ2v) is 4.21. The van der Waals surface area contributed by atoms with Gasteiger partial charge in [-0.2, -0.15) is 5.10 Å². The van der Waals surface area contributed by atoms with E-state index in [4.69, 9.17) is 10.5 Å². The van der Waals surface area contributed by atoms with Gasteiger partial charge in [-0.25, -0.2) is 4.68 Å². The molecule has 17 heavy (non-hydrogen) atoms. The first-order chi connectivity index (χ1) is 8.06. The Kier molecular flexibility index (Phi) is 3.15. The third-order valence-electron chi connectivity index (χ3n) is 2.59. The van der Waals surface area contributed by atoms with E-state index >= 15 is 0 Å². The van der Waals surface area contributed by atoms with Crippen molar-refractivity contribution in [3.63, 3.8) is 0 Å². The summed E-state index contributed by atoms with van der Waals surface area (Å²) in [7, 11) is 1.86. The summed E-state index contributed by atoms with van der Waals surface area (Å²) in [5.74, 6) is 1.52. The molecule has 0 spiro atoms. The smallest absolute Gasteiger partial charge is 0.217 e. The summed E-state index contributed by atoms with van der Waals surface area (Å²) >= 11 is 0. The molecule has 0 amide bonds. The Bertz CT molecular complexity index is 500. The Hall–Kier alpha value is -1.81. The van der Waals surface area contributed by atoms with Crippen LogP contribution in [0.5, 0.6) is 11.6 Å². The van der Waals surface area contributed by atoms with E-state index in [0.29, 0.717) is 0 Å². The van der Waals surface area contributed by atoms with Crippen molar-refractivity contribution >= 4 is 0 Å². The average molecular weight is 231 g/mol. The first-order valence-corrected chi connectivity index (χ1v) is 5.60. The van der Waals surface area contributed by atoms with Crippen LogP contribution in [0.2, 0.25) is 0 Å². The van der Waals surface area contributed by atoms with Crippen molar-refractivity contribution < 1.29 is 4.74 Å². The quantitative estimate of drug-likeness (QED) is 0.883. The molecule has 4 heteroatoms. The molecule has 0 aliphatic heterocycles. The van der Waals surface area contributed by atoms with Crippen LogP contribution in [0.3, 0.4) is 0 Å². The molecular formula is C13H17N3O. The van der Waals surface area contributed by atoms with Gasteiger partial charge in [0.25, 0.3) is 0 Å². The number of nitrogens with two attached hydrogens (primary N) is 1. The summed E-state index contributed by atoms with van der Waals surface area (Å²) in [6.07, 6.45) is 0. The van der Waals surface area contributed by atoms with Gasteiger partial charge in [-0.15, -0.1) is 0 Å². The number of rotatable bonds is 3. The maximum absolute atomic E-state index is 5.79. The van der Waals surface area contributed by atoms with Crippen molar-refractivity contribution in [2.75, 3.05) is 0 Å². The van der Waals surface area contributed by atoms with E-state index in [0.717, 1.165) is 22.9 Å². The summed E-state index contributed by atoms with van der Waals surface area (Å²) < 4.78 is 7.44. The molecule has 0 fully saturated rings. The van der Waals surface area contributed by atoms with Crippen LogP contribution in [0.4, 0.5) is 0 Å². The van der Waals surface area contributed by atoms with Gasteiger partial charge in [0, 0.05) is 19.2 Å². The minimum Gasteiger partial charge on any atom is -0.439 e. The van der Waals surface area contributed by atoms with Crippen LogP contribution in [0.25, 0.3) is 0 Å². The Morgan fingerprint density at radius 1 is 1.29 bits per heavy atom. The molecule has 1 aromatic heterocycles. The van der Waals surface area contributed by atoms with E-state index in [1.165, 1.54) is 0 Å². The van der Waals surface area contributed by atoms with E-state index in [9.17, 15) is 0 Å². The molecule has 0 aliphatic carbocycles. The maximum Gasteiger partial charge on any atom is 0.217 e. The number of benzene rings is 1. The fourth-order valence-electron chi connectivity index (χ4n) is 1.64. The van der Waals surface area contributed by atoms with Gasteiger partial charge in [-0.1, -0.05) is 12.1 Å². The van der Waals surface area contributed by atoms with E-state index in [1.807, 2.05) is 51.2 Å². The van der Waals surface area contributed by atoms with Gasteiger partial charge in [0.2, 0.25) is 5.88 Å².